The van der Waals surface area contributed by atoms with Gasteiger partial charge >= 0.3 is 0 Å². The van der Waals surface area contributed by atoms with Crippen molar-refractivity contribution in [1.82, 2.24) is 5.32 Å². The summed E-state index contributed by atoms with van der Waals surface area (Å²) in [6.45, 7) is 4.03. The van der Waals surface area contributed by atoms with Gasteiger partial charge < -0.3 is 5.32 Å². The Morgan fingerprint density at radius 2 is 1.96 bits per heavy atom. The van der Waals surface area contributed by atoms with E-state index in [4.69, 9.17) is 0 Å². The molecular weight excluding hydrogens is 326 g/mol. The number of ketones is 1. The molecule has 1 aliphatic heterocycles. The topological polar surface area (TPSA) is 29.1 Å². The van der Waals surface area contributed by atoms with Gasteiger partial charge in [0.15, 0.2) is 5.78 Å². The van der Waals surface area contributed by atoms with Gasteiger partial charge in [0.05, 0.1) is 4.88 Å². The summed E-state index contributed by atoms with van der Waals surface area (Å²) >= 11 is 1.66. The molecule has 1 aliphatic rings. The van der Waals surface area contributed by atoms with E-state index >= 15 is 0 Å². The number of fused-ring (bicyclic) bond motifs is 1. The fraction of sp³-hybridized carbons (Fsp3) is 0.227. The van der Waals surface area contributed by atoms with Gasteiger partial charge in [0.2, 0.25) is 0 Å². The molecule has 2 heterocycles. The second-order valence-corrected chi connectivity index (χ2v) is 7.68. The van der Waals surface area contributed by atoms with Crippen LogP contribution in [0.25, 0.3) is 11.1 Å². The summed E-state index contributed by atoms with van der Waals surface area (Å²) in [6, 6.07) is 18.7. The number of hydrogen-bond donors (Lipinski definition) is 1. The Kier molecular flexibility index (Phi) is 4.51. The highest BCUT2D eigenvalue weighted by Crippen LogP contribution is 2.29. The summed E-state index contributed by atoms with van der Waals surface area (Å²) < 4.78 is 0. The summed E-state index contributed by atoms with van der Waals surface area (Å²) in [5.74, 6) is 0.229. The highest BCUT2D eigenvalue weighted by molar-refractivity contribution is 7.14. The molecule has 0 radical (unpaired) electrons. The van der Waals surface area contributed by atoms with E-state index in [0.717, 1.165) is 30.0 Å². The minimum atomic E-state index is 0.229. The summed E-state index contributed by atoms with van der Waals surface area (Å²) in [7, 11) is 0. The molecule has 4 rings (SSSR count). The van der Waals surface area contributed by atoms with E-state index in [1.54, 1.807) is 11.3 Å². The molecule has 0 fully saturated rings. The molecule has 0 aliphatic carbocycles. The SMILES string of the molecule is Cc1c(CC(=O)c2cc3c(s2)CNCC3)cccc1-c1ccccc1. The van der Waals surface area contributed by atoms with E-state index in [9.17, 15) is 4.79 Å². The van der Waals surface area contributed by atoms with E-state index in [0.29, 0.717) is 6.42 Å². The number of nitrogens with one attached hydrogen (secondary N) is 1. The molecule has 0 saturated heterocycles. The maximum absolute atomic E-state index is 12.8. The zero-order valence-electron chi connectivity index (χ0n) is 14.3. The van der Waals surface area contributed by atoms with E-state index in [-0.39, 0.29) is 5.78 Å². The zero-order chi connectivity index (χ0) is 17.2. The maximum atomic E-state index is 12.8. The summed E-state index contributed by atoms with van der Waals surface area (Å²) in [4.78, 5) is 15.0. The summed E-state index contributed by atoms with van der Waals surface area (Å²) in [5.41, 5.74) is 6.08. The van der Waals surface area contributed by atoms with Crippen LogP contribution in [0.4, 0.5) is 0 Å². The third-order valence-electron chi connectivity index (χ3n) is 4.91. The van der Waals surface area contributed by atoms with Gasteiger partial charge in [0.1, 0.15) is 0 Å². The van der Waals surface area contributed by atoms with Crippen molar-refractivity contribution >= 4 is 17.1 Å². The third kappa shape index (κ3) is 3.30. The lowest BCUT2D eigenvalue weighted by Gasteiger charge is -2.11. The first kappa shape index (κ1) is 16.2. The summed E-state index contributed by atoms with van der Waals surface area (Å²) in [6.07, 6.45) is 1.50. The highest BCUT2D eigenvalue weighted by atomic mass is 32.1. The molecule has 0 bridgehead atoms. The van der Waals surface area contributed by atoms with Crippen molar-refractivity contribution < 1.29 is 4.79 Å². The van der Waals surface area contributed by atoms with E-state index in [1.165, 1.54) is 27.1 Å². The van der Waals surface area contributed by atoms with Gasteiger partial charge in [-0.1, -0.05) is 48.5 Å². The molecule has 2 nitrogen and oxygen atoms in total. The number of carbonyl (C=O) groups excluding carboxylic acids is 1. The molecule has 25 heavy (non-hydrogen) atoms. The molecule has 0 saturated carbocycles. The van der Waals surface area contributed by atoms with Gasteiger partial charge in [0, 0.05) is 17.8 Å². The fourth-order valence-electron chi connectivity index (χ4n) is 3.46. The van der Waals surface area contributed by atoms with Crippen LogP contribution in [0.1, 0.15) is 31.2 Å². The largest absolute Gasteiger partial charge is 0.312 e. The monoisotopic (exact) mass is 347 g/mol. The molecule has 0 atom stereocenters. The van der Waals surface area contributed by atoms with Crippen molar-refractivity contribution in [1.29, 1.82) is 0 Å². The van der Waals surface area contributed by atoms with Crippen LogP contribution in [-0.2, 0) is 19.4 Å². The van der Waals surface area contributed by atoms with Crippen molar-refractivity contribution in [3.63, 3.8) is 0 Å². The molecule has 0 amide bonds. The maximum Gasteiger partial charge on any atom is 0.177 e. The number of carbonyl (C=O) groups is 1. The Balaban J connectivity index is 1.60. The highest BCUT2D eigenvalue weighted by Gasteiger charge is 2.18. The molecule has 0 spiro atoms. The fourth-order valence-corrected chi connectivity index (χ4v) is 4.57. The third-order valence-corrected chi connectivity index (χ3v) is 6.13. The van der Waals surface area contributed by atoms with Crippen molar-refractivity contribution in [2.45, 2.75) is 26.3 Å². The standard InChI is InChI=1S/C22H21NOS/c1-15-17(8-5-9-19(15)16-6-3-2-4-7-16)12-20(24)21-13-18-10-11-23-14-22(18)25-21/h2-9,13,23H,10-12,14H2,1H3. The van der Waals surface area contributed by atoms with Crippen LogP contribution >= 0.6 is 11.3 Å². The normalized spacial score (nSPS) is 13.5. The Hall–Kier alpha value is -2.23. The minimum absolute atomic E-state index is 0.229. The van der Waals surface area contributed by atoms with Gasteiger partial charge in [-0.25, -0.2) is 0 Å². The number of thiophene rings is 1. The van der Waals surface area contributed by atoms with Gasteiger partial charge in [-0.3, -0.25) is 4.79 Å². The van der Waals surface area contributed by atoms with Gasteiger partial charge in [-0.2, -0.15) is 0 Å². The van der Waals surface area contributed by atoms with Crippen molar-refractivity contribution in [2.24, 2.45) is 0 Å². The van der Waals surface area contributed by atoms with Crippen molar-refractivity contribution in [3.05, 3.63) is 81.0 Å². The molecule has 0 unspecified atom stereocenters. The van der Waals surface area contributed by atoms with Crippen LogP contribution in [0.15, 0.2) is 54.6 Å². The van der Waals surface area contributed by atoms with Crippen LogP contribution in [-0.4, -0.2) is 12.3 Å². The van der Waals surface area contributed by atoms with Crippen molar-refractivity contribution in [2.75, 3.05) is 6.54 Å². The average Bonchev–Trinajstić information content (AvgIpc) is 3.08. The Labute approximate surface area is 152 Å². The van der Waals surface area contributed by atoms with Gasteiger partial charge in [-0.15, -0.1) is 11.3 Å². The first-order chi connectivity index (χ1) is 12.2. The second-order valence-electron chi connectivity index (χ2n) is 6.54. The predicted molar refractivity (Wildman–Crippen MR) is 104 cm³/mol. The van der Waals surface area contributed by atoms with Crippen LogP contribution in [0.5, 0.6) is 0 Å². The molecular formula is C22H21NOS. The number of benzene rings is 2. The minimum Gasteiger partial charge on any atom is -0.312 e. The van der Waals surface area contributed by atoms with Crippen molar-refractivity contribution in [3.8, 4) is 11.1 Å². The molecule has 126 valence electrons. The van der Waals surface area contributed by atoms with Crippen LogP contribution < -0.4 is 5.32 Å². The Morgan fingerprint density at radius 3 is 2.76 bits per heavy atom. The Bertz CT molecular complexity index is 888. The lowest BCUT2D eigenvalue weighted by atomic mass is 9.94. The predicted octanol–water partition coefficient (Wildman–Crippen LogP) is 4.79. The lowest BCUT2D eigenvalue weighted by Crippen LogP contribution is -2.21. The first-order valence-electron chi connectivity index (χ1n) is 8.72. The zero-order valence-corrected chi connectivity index (χ0v) is 15.2. The van der Waals surface area contributed by atoms with Crippen LogP contribution in [0.2, 0.25) is 0 Å². The average molecular weight is 347 g/mol. The molecule has 2 aromatic carbocycles. The van der Waals surface area contributed by atoms with Crippen LogP contribution in [0.3, 0.4) is 0 Å². The number of rotatable bonds is 4. The number of Topliss-reactive ketones (excluding diaryl/α,β-unsaturated/α-hetero) is 1. The lowest BCUT2D eigenvalue weighted by molar-refractivity contribution is 0.0996. The second kappa shape index (κ2) is 6.95. The summed E-state index contributed by atoms with van der Waals surface area (Å²) in [5, 5.41) is 3.38. The van der Waals surface area contributed by atoms with Gasteiger partial charge in [0.25, 0.3) is 0 Å². The van der Waals surface area contributed by atoms with E-state index in [1.807, 2.05) is 6.07 Å². The van der Waals surface area contributed by atoms with Crippen LogP contribution in [0, 0.1) is 6.92 Å². The first-order valence-corrected chi connectivity index (χ1v) is 9.53. The van der Waals surface area contributed by atoms with E-state index in [2.05, 4.69) is 60.8 Å². The number of hydrogen-bond acceptors (Lipinski definition) is 3. The smallest absolute Gasteiger partial charge is 0.177 e. The Morgan fingerprint density at radius 1 is 1.12 bits per heavy atom. The quantitative estimate of drug-likeness (QED) is 0.687. The van der Waals surface area contributed by atoms with E-state index < -0.39 is 0 Å². The molecule has 3 heteroatoms. The molecule has 3 aromatic rings. The molecule has 1 aromatic heterocycles. The van der Waals surface area contributed by atoms with Gasteiger partial charge in [-0.05, 0) is 53.8 Å². The molecule has 1 N–H and O–H groups in total.